The van der Waals surface area contributed by atoms with Gasteiger partial charge in [-0.05, 0) is 25.7 Å². The van der Waals surface area contributed by atoms with E-state index in [1.54, 1.807) is 0 Å². The SMILES string of the molecule is OC1(C2(O)CCCCCCCCC2)CCCCCCCCC1. The minimum atomic E-state index is -0.830. The van der Waals surface area contributed by atoms with Crippen molar-refractivity contribution >= 4 is 0 Å². The Bertz CT molecular complexity index is 250. The second kappa shape index (κ2) is 9.27. The Morgan fingerprint density at radius 1 is 0.318 bits per heavy atom. The monoisotopic (exact) mass is 310 g/mol. The summed E-state index contributed by atoms with van der Waals surface area (Å²) in [6, 6.07) is 0. The van der Waals surface area contributed by atoms with Gasteiger partial charge in [-0.3, -0.25) is 0 Å². The van der Waals surface area contributed by atoms with Crippen LogP contribution in [-0.4, -0.2) is 21.4 Å². The predicted octanol–water partition coefficient (Wildman–Crippen LogP) is 5.50. The van der Waals surface area contributed by atoms with Crippen LogP contribution < -0.4 is 0 Å². The Morgan fingerprint density at radius 2 is 0.500 bits per heavy atom. The zero-order valence-corrected chi connectivity index (χ0v) is 14.6. The first kappa shape index (κ1) is 18.3. The van der Waals surface area contributed by atoms with Crippen LogP contribution in [0.25, 0.3) is 0 Å². The molecule has 0 unspecified atom stereocenters. The van der Waals surface area contributed by atoms with Crippen LogP contribution in [0.15, 0.2) is 0 Å². The van der Waals surface area contributed by atoms with Gasteiger partial charge in [-0.1, -0.05) is 89.9 Å². The van der Waals surface area contributed by atoms with Crippen molar-refractivity contribution in [1.29, 1.82) is 0 Å². The third-order valence-electron chi connectivity index (χ3n) is 6.23. The molecule has 0 bridgehead atoms. The highest BCUT2D eigenvalue weighted by Crippen LogP contribution is 2.41. The maximum Gasteiger partial charge on any atom is 0.0933 e. The van der Waals surface area contributed by atoms with Crippen molar-refractivity contribution in [2.75, 3.05) is 0 Å². The average molecular weight is 311 g/mol. The molecular formula is C20H38O2. The molecule has 0 radical (unpaired) electrons. The average Bonchev–Trinajstić information content (AvgIpc) is 2.52. The molecule has 2 N–H and O–H groups in total. The first-order chi connectivity index (χ1) is 10.7. The van der Waals surface area contributed by atoms with E-state index in [2.05, 4.69) is 0 Å². The van der Waals surface area contributed by atoms with Crippen LogP contribution in [0, 0.1) is 0 Å². The van der Waals surface area contributed by atoms with E-state index in [4.69, 9.17) is 0 Å². The number of aliphatic hydroxyl groups is 2. The molecule has 0 aromatic rings. The fourth-order valence-electron chi connectivity index (χ4n) is 4.62. The van der Waals surface area contributed by atoms with E-state index in [1.807, 2.05) is 0 Å². The molecule has 0 heterocycles. The maximum absolute atomic E-state index is 11.4. The van der Waals surface area contributed by atoms with Gasteiger partial charge in [0.2, 0.25) is 0 Å². The summed E-state index contributed by atoms with van der Waals surface area (Å²) in [4.78, 5) is 0. The highest BCUT2D eigenvalue weighted by atomic mass is 16.4. The number of hydrogen-bond donors (Lipinski definition) is 2. The lowest BCUT2D eigenvalue weighted by Crippen LogP contribution is -2.54. The van der Waals surface area contributed by atoms with Gasteiger partial charge in [-0.2, -0.15) is 0 Å². The zero-order valence-electron chi connectivity index (χ0n) is 14.6. The highest BCUT2D eigenvalue weighted by Gasteiger charge is 2.47. The number of hydrogen-bond acceptors (Lipinski definition) is 2. The van der Waals surface area contributed by atoms with E-state index in [1.165, 1.54) is 64.2 Å². The first-order valence-corrected chi connectivity index (χ1v) is 10.1. The predicted molar refractivity (Wildman–Crippen MR) is 93.0 cm³/mol. The van der Waals surface area contributed by atoms with Crippen LogP contribution in [0.1, 0.15) is 116 Å². The van der Waals surface area contributed by atoms with E-state index < -0.39 is 11.2 Å². The van der Waals surface area contributed by atoms with Crippen LogP contribution >= 0.6 is 0 Å². The minimum Gasteiger partial charge on any atom is -0.387 e. The van der Waals surface area contributed by atoms with Crippen LogP contribution in [0.2, 0.25) is 0 Å². The molecule has 0 aromatic heterocycles. The van der Waals surface area contributed by atoms with Crippen LogP contribution in [0.4, 0.5) is 0 Å². The lowest BCUT2D eigenvalue weighted by Gasteiger charge is -2.45. The molecule has 0 spiro atoms. The van der Waals surface area contributed by atoms with Crippen molar-refractivity contribution in [3.8, 4) is 0 Å². The van der Waals surface area contributed by atoms with Gasteiger partial charge in [0.25, 0.3) is 0 Å². The molecule has 22 heavy (non-hydrogen) atoms. The quantitative estimate of drug-likeness (QED) is 0.671. The molecule has 0 aliphatic heterocycles. The van der Waals surface area contributed by atoms with Crippen molar-refractivity contribution in [1.82, 2.24) is 0 Å². The second-order valence-electron chi connectivity index (χ2n) is 8.01. The lowest BCUT2D eigenvalue weighted by atomic mass is 9.70. The van der Waals surface area contributed by atoms with Gasteiger partial charge >= 0.3 is 0 Å². The smallest absolute Gasteiger partial charge is 0.0933 e. The third kappa shape index (κ3) is 5.23. The van der Waals surface area contributed by atoms with E-state index in [0.29, 0.717) is 0 Å². The summed E-state index contributed by atoms with van der Waals surface area (Å²) < 4.78 is 0. The molecule has 2 rings (SSSR count). The Morgan fingerprint density at radius 3 is 0.727 bits per heavy atom. The normalized spacial score (nSPS) is 28.6. The van der Waals surface area contributed by atoms with Gasteiger partial charge in [-0.25, -0.2) is 0 Å². The molecule has 2 fully saturated rings. The van der Waals surface area contributed by atoms with Crippen LogP contribution in [-0.2, 0) is 0 Å². The fourth-order valence-corrected chi connectivity index (χ4v) is 4.62. The molecule has 0 amide bonds. The molecule has 2 heteroatoms. The third-order valence-corrected chi connectivity index (χ3v) is 6.23. The van der Waals surface area contributed by atoms with Gasteiger partial charge < -0.3 is 10.2 Å². The summed E-state index contributed by atoms with van der Waals surface area (Å²) in [6.45, 7) is 0. The van der Waals surface area contributed by atoms with Crippen LogP contribution in [0.5, 0.6) is 0 Å². The van der Waals surface area contributed by atoms with Crippen molar-refractivity contribution < 1.29 is 10.2 Å². The maximum atomic E-state index is 11.4. The standard InChI is InChI=1S/C20H38O2/c21-19(15-11-7-3-1-4-8-12-16-19)20(22)17-13-9-5-2-6-10-14-18-20/h21-22H,1-18H2. The molecule has 2 saturated carbocycles. The lowest BCUT2D eigenvalue weighted by molar-refractivity contribution is -0.171. The molecule has 2 aliphatic rings. The Hall–Kier alpha value is -0.0800. The van der Waals surface area contributed by atoms with Crippen LogP contribution in [0.3, 0.4) is 0 Å². The summed E-state index contributed by atoms with van der Waals surface area (Å²) >= 11 is 0. The van der Waals surface area contributed by atoms with E-state index in [0.717, 1.165) is 51.4 Å². The first-order valence-electron chi connectivity index (χ1n) is 10.1. The zero-order chi connectivity index (χ0) is 15.7. The summed E-state index contributed by atoms with van der Waals surface area (Å²) in [7, 11) is 0. The fraction of sp³-hybridized carbons (Fsp3) is 1.00. The highest BCUT2D eigenvalue weighted by molar-refractivity contribution is 4.99. The van der Waals surface area contributed by atoms with Gasteiger partial charge in [0, 0.05) is 0 Å². The molecule has 0 saturated heterocycles. The molecule has 2 nitrogen and oxygen atoms in total. The van der Waals surface area contributed by atoms with Crippen molar-refractivity contribution in [3.63, 3.8) is 0 Å². The van der Waals surface area contributed by atoms with E-state index >= 15 is 0 Å². The molecule has 130 valence electrons. The summed E-state index contributed by atoms with van der Waals surface area (Å²) in [5.74, 6) is 0. The topological polar surface area (TPSA) is 40.5 Å². The van der Waals surface area contributed by atoms with Gasteiger partial charge in [0.05, 0.1) is 11.2 Å². The summed E-state index contributed by atoms with van der Waals surface area (Å²) in [5.41, 5.74) is -1.66. The van der Waals surface area contributed by atoms with Gasteiger partial charge in [-0.15, -0.1) is 0 Å². The Kier molecular flexibility index (Phi) is 7.70. The summed E-state index contributed by atoms with van der Waals surface area (Å²) in [5, 5.41) is 22.8. The van der Waals surface area contributed by atoms with Gasteiger partial charge in [0.15, 0.2) is 0 Å². The van der Waals surface area contributed by atoms with Crippen molar-refractivity contribution in [2.24, 2.45) is 0 Å². The molecule has 0 atom stereocenters. The molecule has 0 aromatic carbocycles. The number of rotatable bonds is 1. The Labute approximate surface area is 137 Å². The minimum absolute atomic E-state index is 0.809. The summed E-state index contributed by atoms with van der Waals surface area (Å²) in [6.07, 6.45) is 20.3. The van der Waals surface area contributed by atoms with Crippen molar-refractivity contribution in [3.05, 3.63) is 0 Å². The molecular weight excluding hydrogens is 272 g/mol. The van der Waals surface area contributed by atoms with E-state index in [-0.39, 0.29) is 0 Å². The van der Waals surface area contributed by atoms with E-state index in [9.17, 15) is 10.2 Å². The Balaban J connectivity index is 2.04. The van der Waals surface area contributed by atoms with Gasteiger partial charge in [0.1, 0.15) is 0 Å². The second-order valence-corrected chi connectivity index (χ2v) is 8.01. The largest absolute Gasteiger partial charge is 0.387 e. The van der Waals surface area contributed by atoms with Crippen molar-refractivity contribution in [2.45, 2.75) is 127 Å². The molecule has 2 aliphatic carbocycles.